The van der Waals surface area contributed by atoms with Gasteiger partial charge in [0.1, 0.15) is 0 Å². The summed E-state index contributed by atoms with van der Waals surface area (Å²) in [5.74, 6) is 4.02. The number of hydrogen-bond acceptors (Lipinski definition) is 6. The molecular formula is C27H32N4O5. The van der Waals surface area contributed by atoms with Crippen LogP contribution in [0.15, 0.2) is 42.5 Å². The molecule has 1 saturated heterocycles. The highest BCUT2D eigenvalue weighted by Crippen LogP contribution is 2.18. The molecule has 36 heavy (non-hydrogen) atoms. The van der Waals surface area contributed by atoms with Crippen LogP contribution in [-0.2, 0) is 20.9 Å². The van der Waals surface area contributed by atoms with E-state index in [1.54, 1.807) is 24.3 Å². The Morgan fingerprint density at radius 1 is 1.14 bits per heavy atom. The number of aryl methyl sites for hydroxylation is 1. The summed E-state index contributed by atoms with van der Waals surface area (Å²) >= 11 is 0. The number of carbonyl (C=O) groups is 3. The number of nitrogens with zero attached hydrogens (tertiary/aromatic N) is 2. The van der Waals surface area contributed by atoms with Gasteiger partial charge < -0.3 is 15.0 Å². The molecule has 0 saturated carbocycles. The Bertz CT molecular complexity index is 1150. The molecule has 3 rings (SSSR count). The van der Waals surface area contributed by atoms with Crippen LogP contribution in [0.25, 0.3) is 0 Å². The zero-order chi connectivity index (χ0) is 26.2. The summed E-state index contributed by atoms with van der Waals surface area (Å²) in [7, 11) is 2.66. The number of benzene rings is 2. The maximum absolute atomic E-state index is 12.8. The summed E-state index contributed by atoms with van der Waals surface area (Å²) in [6.45, 7) is 7.62. The summed E-state index contributed by atoms with van der Waals surface area (Å²) in [5, 5.41) is 11.2. The third-order valence-electron chi connectivity index (χ3n) is 6.06. The number of amides is 3. The van der Waals surface area contributed by atoms with E-state index in [1.165, 1.54) is 25.1 Å². The van der Waals surface area contributed by atoms with Crippen LogP contribution in [0.4, 0.5) is 0 Å². The van der Waals surface area contributed by atoms with Gasteiger partial charge in [-0.05, 0) is 55.3 Å². The molecule has 190 valence electrons. The first-order valence-electron chi connectivity index (χ1n) is 11.8. The van der Waals surface area contributed by atoms with Crippen molar-refractivity contribution >= 4 is 17.7 Å². The van der Waals surface area contributed by atoms with E-state index in [0.29, 0.717) is 6.10 Å². The van der Waals surface area contributed by atoms with Gasteiger partial charge in [-0.3, -0.25) is 24.5 Å². The normalized spacial score (nSPS) is 14.1. The molecule has 2 aromatic carbocycles. The molecule has 1 aliphatic rings. The molecule has 9 heteroatoms. The molecule has 1 aliphatic heterocycles. The van der Waals surface area contributed by atoms with Crippen LogP contribution in [0.2, 0.25) is 0 Å². The topological polar surface area (TPSA) is 111 Å². The van der Waals surface area contributed by atoms with Crippen LogP contribution >= 0.6 is 0 Å². The van der Waals surface area contributed by atoms with Crippen molar-refractivity contribution in [3.05, 3.63) is 70.3 Å². The molecule has 3 amide bonds. The number of likely N-dealkylation sites (N-methyl/N-ethyl adjacent to an activating group) is 2. The fourth-order valence-corrected chi connectivity index (χ4v) is 4.04. The molecule has 1 fully saturated rings. The first-order valence-corrected chi connectivity index (χ1v) is 11.8. The zero-order valence-corrected chi connectivity index (χ0v) is 21.0. The minimum atomic E-state index is -1.51. The monoisotopic (exact) mass is 492 g/mol. The van der Waals surface area contributed by atoms with E-state index in [1.807, 2.05) is 19.9 Å². The van der Waals surface area contributed by atoms with Gasteiger partial charge in [-0.1, -0.05) is 24.0 Å². The molecule has 1 unspecified atom stereocenters. The van der Waals surface area contributed by atoms with E-state index in [0.717, 1.165) is 47.8 Å². The molecule has 0 bridgehead atoms. The fourth-order valence-electron chi connectivity index (χ4n) is 4.04. The Hall–Kier alpha value is -3.71. The molecule has 1 heterocycles. The first kappa shape index (κ1) is 26.9. The van der Waals surface area contributed by atoms with Crippen molar-refractivity contribution in [1.82, 2.24) is 20.6 Å². The number of hydrogen-bond donors (Lipinski definition) is 3. The zero-order valence-electron chi connectivity index (χ0n) is 21.0. The van der Waals surface area contributed by atoms with Gasteiger partial charge in [0.15, 0.2) is 6.04 Å². The minimum absolute atomic E-state index is 0.279. The van der Waals surface area contributed by atoms with Crippen LogP contribution in [0.1, 0.15) is 39.5 Å². The van der Waals surface area contributed by atoms with E-state index in [4.69, 9.17) is 9.94 Å². The molecular weight excluding hydrogens is 460 g/mol. The van der Waals surface area contributed by atoms with Crippen molar-refractivity contribution in [3.63, 3.8) is 0 Å². The highest BCUT2D eigenvalue weighted by Gasteiger charge is 2.33. The van der Waals surface area contributed by atoms with Crippen molar-refractivity contribution in [2.24, 2.45) is 0 Å². The SMILES string of the molecule is CCOC1CN(Cc2ccc(C#Cc3ccc(C(=O)N(C)C(C(=O)NC)C(=O)NO)cc3)c(C)c2)C1. The average molecular weight is 493 g/mol. The molecule has 0 spiro atoms. The number of rotatable bonds is 8. The first-order chi connectivity index (χ1) is 17.3. The van der Waals surface area contributed by atoms with Gasteiger partial charge in [0.05, 0.1) is 6.10 Å². The van der Waals surface area contributed by atoms with Crippen molar-refractivity contribution < 1.29 is 24.3 Å². The number of carbonyl (C=O) groups excluding carboxylic acids is 3. The van der Waals surface area contributed by atoms with E-state index < -0.39 is 23.8 Å². The summed E-state index contributed by atoms with van der Waals surface area (Å²) in [5.41, 5.74) is 5.68. The summed E-state index contributed by atoms with van der Waals surface area (Å²) in [4.78, 5) is 40.0. The maximum atomic E-state index is 12.8. The van der Waals surface area contributed by atoms with Gasteiger partial charge in [-0.15, -0.1) is 0 Å². The second-order valence-electron chi connectivity index (χ2n) is 8.66. The minimum Gasteiger partial charge on any atom is -0.376 e. The van der Waals surface area contributed by atoms with Crippen LogP contribution in [0.3, 0.4) is 0 Å². The van der Waals surface area contributed by atoms with E-state index >= 15 is 0 Å². The predicted molar refractivity (Wildman–Crippen MR) is 134 cm³/mol. The Morgan fingerprint density at radius 2 is 1.83 bits per heavy atom. The molecule has 1 atom stereocenters. The molecule has 0 aromatic heterocycles. The summed E-state index contributed by atoms with van der Waals surface area (Å²) in [6.07, 6.45) is 0.348. The molecule has 2 aromatic rings. The smallest absolute Gasteiger partial charge is 0.275 e. The third-order valence-corrected chi connectivity index (χ3v) is 6.06. The fraction of sp³-hybridized carbons (Fsp3) is 0.370. The Labute approximate surface area is 211 Å². The van der Waals surface area contributed by atoms with Crippen LogP contribution in [-0.4, -0.2) is 78.7 Å². The van der Waals surface area contributed by atoms with Crippen molar-refractivity contribution in [1.29, 1.82) is 0 Å². The molecule has 3 N–H and O–H groups in total. The highest BCUT2D eigenvalue weighted by atomic mass is 16.5. The van der Waals surface area contributed by atoms with E-state index in [2.05, 4.69) is 34.2 Å². The lowest BCUT2D eigenvalue weighted by Crippen LogP contribution is -2.54. The second kappa shape index (κ2) is 12.3. The molecule has 0 radical (unpaired) electrons. The van der Waals surface area contributed by atoms with Crippen molar-refractivity contribution in [2.45, 2.75) is 32.5 Å². The Morgan fingerprint density at radius 3 is 2.42 bits per heavy atom. The van der Waals surface area contributed by atoms with Gasteiger partial charge in [0, 0.05) is 57.0 Å². The lowest BCUT2D eigenvalue weighted by Gasteiger charge is -2.38. The number of ether oxygens (including phenoxy) is 1. The molecule has 0 aliphatic carbocycles. The summed E-state index contributed by atoms with van der Waals surface area (Å²) < 4.78 is 5.61. The van der Waals surface area contributed by atoms with Gasteiger partial charge in [-0.2, -0.15) is 0 Å². The number of nitrogens with one attached hydrogen (secondary N) is 2. The van der Waals surface area contributed by atoms with Gasteiger partial charge in [-0.25, -0.2) is 5.48 Å². The van der Waals surface area contributed by atoms with Crippen LogP contribution < -0.4 is 10.8 Å². The van der Waals surface area contributed by atoms with Gasteiger partial charge in [0.2, 0.25) is 0 Å². The number of likely N-dealkylation sites (tertiary alicyclic amines) is 1. The predicted octanol–water partition coefficient (Wildman–Crippen LogP) is 1.31. The van der Waals surface area contributed by atoms with E-state index in [9.17, 15) is 14.4 Å². The standard InChI is InChI=1S/C27H32N4O5/c1-5-36-23-16-31(17-23)15-20-9-11-21(18(2)14-20)10-6-19-7-12-22(13-8-19)27(34)30(4)24(25(32)28-3)26(33)29-35/h7-9,11-14,23-24,35H,5,15-17H2,1-4H3,(H,28,32)(H,29,33). The Kier molecular flexibility index (Phi) is 9.19. The van der Waals surface area contributed by atoms with E-state index in [-0.39, 0.29) is 5.56 Å². The van der Waals surface area contributed by atoms with Gasteiger partial charge >= 0.3 is 0 Å². The quantitative estimate of drug-likeness (QED) is 0.222. The van der Waals surface area contributed by atoms with Crippen molar-refractivity contribution in [3.8, 4) is 11.8 Å². The summed E-state index contributed by atoms with van der Waals surface area (Å²) in [6, 6.07) is 11.3. The van der Waals surface area contributed by atoms with Crippen LogP contribution in [0, 0.1) is 18.8 Å². The second-order valence-corrected chi connectivity index (χ2v) is 8.66. The van der Waals surface area contributed by atoms with Crippen molar-refractivity contribution in [2.75, 3.05) is 33.8 Å². The largest absolute Gasteiger partial charge is 0.376 e. The number of hydroxylamine groups is 1. The average Bonchev–Trinajstić information content (AvgIpc) is 2.86. The lowest BCUT2D eigenvalue weighted by atomic mass is 10.0. The Balaban J connectivity index is 1.64. The maximum Gasteiger partial charge on any atom is 0.275 e. The highest BCUT2D eigenvalue weighted by molar-refractivity contribution is 6.08. The third kappa shape index (κ3) is 6.49. The lowest BCUT2D eigenvalue weighted by molar-refractivity contribution is -0.140. The molecule has 9 nitrogen and oxygen atoms in total. The van der Waals surface area contributed by atoms with Crippen LogP contribution in [0.5, 0.6) is 0 Å². The van der Waals surface area contributed by atoms with Gasteiger partial charge in [0.25, 0.3) is 17.7 Å².